The van der Waals surface area contributed by atoms with Gasteiger partial charge in [-0.25, -0.2) is 0 Å². The molecule has 82 valence electrons. The van der Waals surface area contributed by atoms with Gasteiger partial charge in [0.2, 0.25) is 0 Å². The average Bonchev–Trinajstić information content (AvgIpc) is 2.88. The summed E-state index contributed by atoms with van der Waals surface area (Å²) in [5.41, 5.74) is 1.82. The molecule has 0 aromatic heterocycles. The van der Waals surface area contributed by atoms with Crippen LogP contribution < -0.4 is 4.90 Å². The van der Waals surface area contributed by atoms with Gasteiger partial charge in [-0.3, -0.25) is 0 Å². The molecule has 2 aliphatic rings. The summed E-state index contributed by atoms with van der Waals surface area (Å²) in [6.45, 7) is 1.05. The van der Waals surface area contributed by atoms with Gasteiger partial charge in [-0.15, -0.1) is 0 Å². The molecule has 3 atom stereocenters. The van der Waals surface area contributed by atoms with E-state index in [1.807, 2.05) is 24.3 Å². The van der Waals surface area contributed by atoms with E-state index in [1.54, 1.807) is 0 Å². The smallest absolute Gasteiger partial charge is 0.0991 e. The molecular formula is C13H14N2O. The van der Waals surface area contributed by atoms with E-state index in [4.69, 9.17) is 5.26 Å². The van der Waals surface area contributed by atoms with Gasteiger partial charge in [0.1, 0.15) is 0 Å². The van der Waals surface area contributed by atoms with E-state index >= 15 is 0 Å². The first-order chi connectivity index (χ1) is 7.78. The predicted octanol–water partition coefficient (Wildman–Crippen LogP) is 1.52. The third-order valence-electron chi connectivity index (χ3n) is 3.78. The number of aliphatic hydroxyl groups excluding tert-OH is 1. The van der Waals surface area contributed by atoms with Crippen molar-refractivity contribution in [2.24, 2.45) is 5.92 Å². The van der Waals surface area contributed by atoms with Crippen LogP contribution in [0.1, 0.15) is 18.4 Å². The van der Waals surface area contributed by atoms with Gasteiger partial charge in [0.25, 0.3) is 0 Å². The van der Waals surface area contributed by atoms with Crippen LogP contribution in [0.3, 0.4) is 0 Å². The fourth-order valence-electron chi connectivity index (χ4n) is 3.02. The van der Waals surface area contributed by atoms with E-state index in [0.717, 1.165) is 25.1 Å². The molecule has 0 amide bonds. The zero-order chi connectivity index (χ0) is 11.1. The number of anilines is 1. The summed E-state index contributed by atoms with van der Waals surface area (Å²) in [7, 11) is 0. The summed E-state index contributed by atoms with van der Waals surface area (Å²) in [4.78, 5) is 2.28. The van der Waals surface area contributed by atoms with Crippen LogP contribution in [0.2, 0.25) is 0 Å². The second-order valence-electron chi connectivity index (χ2n) is 4.78. The van der Waals surface area contributed by atoms with Crippen molar-refractivity contribution in [3.05, 3.63) is 29.8 Å². The van der Waals surface area contributed by atoms with Gasteiger partial charge in [-0.1, -0.05) is 0 Å². The maximum atomic E-state index is 9.86. The van der Waals surface area contributed by atoms with Gasteiger partial charge in [-0.2, -0.15) is 5.26 Å². The van der Waals surface area contributed by atoms with Gasteiger partial charge >= 0.3 is 0 Å². The molecule has 0 spiro atoms. The fourth-order valence-corrected chi connectivity index (χ4v) is 3.02. The number of fused-ring (bicyclic) bond motifs is 2. The largest absolute Gasteiger partial charge is 0.391 e. The Labute approximate surface area is 94.9 Å². The molecular weight excluding hydrogens is 200 g/mol. The highest BCUT2D eigenvalue weighted by Gasteiger charge is 2.44. The molecule has 1 aromatic carbocycles. The quantitative estimate of drug-likeness (QED) is 0.771. The standard InChI is InChI=1S/C13H14N2O/c14-7-9-1-3-11(4-2-9)15-8-10-5-12(15)13(16)6-10/h1-4,10,12-13,16H,5-6,8H2/t10-,12+,13?/m1/s1. The molecule has 1 aliphatic carbocycles. The minimum Gasteiger partial charge on any atom is -0.391 e. The summed E-state index contributed by atoms with van der Waals surface area (Å²) in [6.07, 6.45) is 1.90. The molecule has 1 aliphatic heterocycles. The molecule has 2 bridgehead atoms. The Morgan fingerprint density at radius 2 is 2.00 bits per heavy atom. The fraction of sp³-hybridized carbons (Fsp3) is 0.462. The van der Waals surface area contributed by atoms with Crippen LogP contribution in [0.15, 0.2) is 24.3 Å². The van der Waals surface area contributed by atoms with Crippen LogP contribution in [-0.2, 0) is 0 Å². The van der Waals surface area contributed by atoms with Crippen molar-refractivity contribution >= 4 is 5.69 Å². The number of aliphatic hydroxyl groups is 1. The Morgan fingerprint density at radius 3 is 2.56 bits per heavy atom. The van der Waals surface area contributed by atoms with Gasteiger partial charge in [0.05, 0.1) is 23.8 Å². The van der Waals surface area contributed by atoms with Crippen LogP contribution in [0.5, 0.6) is 0 Å². The minimum absolute atomic E-state index is 0.172. The third-order valence-corrected chi connectivity index (χ3v) is 3.78. The van der Waals surface area contributed by atoms with Crippen molar-refractivity contribution in [1.29, 1.82) is 5.26 Å². The zero-order valence-corrected chi connectivity index (χ0v) is 9.00. The molecule has 16 heavy (non-hydrogen) atoms. The maximum absolute atomic E-state index is 9.86. The Morgan fingerprint density at radius 1 is 1.25 bits per heavy atom. The van der Waals surface area contributed by atoms with Crippen molar-refractivity contribution in [3.8, 4) is 6.07 Å². The number of hydrogen-bond acceptors (Lipinski definition) is 3. The number of nitrogens with zero attached hydrogens (tertiary/aromatic N) is 2. The molecule has 3 nitrogen and oxygen atoms in total. The highest BCUT2D eigenvalue weighted by atomic mass is 16.3. The van der Waals surface area contributed by atoms with Gasteiger partial charge in [-0.05, 0) is 43.0 Å². The lowest BCUT2D eigenvalue weighted by molar-refractivity contribution is 0.146. The normalized spacial score (nSPS) is 31.8. The number of piperidine rings is 1. The van der Waals surface area contributed by atoms with Gasteiger partial charge in [0.15, 0.2) is 0 Å². The van der Waals surface area contributed by atoms with E-state index in [0.29, 0.717) is 11.5 Å². The summed E-state index contributed by atoms with van der Waals surface area (Å²) >= 11 is 0. The Hall–Kier alpha value is -1.53. The lowest BCUT2D eigenvalue weighted by Gasteiger charge is -2.32. The molecule has 1 saturated carbocycles. The Kier molecular flexibility index (Phi) is 2.12. The Balaban J connectivity index is 1.85. The van der Waals surface area contributed by atoms with Crippen molar-refractivity contribution in [1.82, 2.24) is 0 Å². The van der Waals surface area contributed by atoms with Crippen LogP contribution in [0.25, 0.3) is 0 Å². The molecule has 3 rings (SSSR count). The second kappa shape index (κ2) is 3.50. The molecule has 0 radical (unpaired) electrons. The Bertz CT molecular complexity index is 434. The molecule has 1 aromatic rings. The first-order valence-corrected chi connectivity index (χ1v) is 5.73. The molecule has 1 unspecified atom stereocenters. The number of benzene rings is 1. The number of nitriles is 1. The zero-order valence-electron chi connectivity index (χ0n) is 9.00. The van der Waals surface area contributed by atoms with Crippen molar-refractivity contribution in [2.75, 3.05) is 11.4 Å². The van der Waals surface area contributed by atoms with E-state index in [2.05, 4.69) is 11.0 Å². The summed E-state index contributed by atoms with van der Waals surface area (Å²) < 4.78 is 0. The first-order valence-electron chi connectivity index (χ1n) is 5.73. The second-order valence-corrected chi connectivity index (χ2v) is 4.78. The molecule has 1 saturated heterocycles. The highest BCUT2D eigenvalue weighted by Crippen LogP contribution is 2.40. The summed E-state index contributed by atoms with van der Waals surface area (Å²) in [6, 6.07) is 10.0. The van der Waals surface area contributed by atoms with Crippen LogP contribution in [0.4, 0.5) is 5.69 Å². The third kappa shape index (κ3) is 1.38. The van der Waals surface area contributed by atoms with Gasteiger partial charge in [0, 0.05) is 12.2 Å². The highest BCUT2D eigenvalue weighted by molar-refractivity contribution is 5.52. The van der Waals surface area contributed by atoms with E-state index < -0.39 is 0 Å². The SMILES string of the molecule is N#Cc1ccc(N2C[C@H]3CC(O)[C@@H]2C3)cc1. The van der Waals surface area contributed by atoms with Crippen LogP contribution in [-0.4, -0.2) is 23.8 Å². The number of rotatable bonds is 1. The van der Waals surface area contributed by atoms with E-state index in [1.165, 1.54) is 0 Å². The van der Waals surface area contributed by atoms with Crippen LogP contribution in [0, 0.1) is 17.2 Å². The van der Waals surface area contributed by atoms with Crippen molar-refractivity contribution < 1.29 is 5.11 Å². The molecule has 1 N–H and O–H groups in total. The summed E-state index contributed by atoms with van der Waals surface area (Å²) in [5, 5.41) is 18.6. The molecule has 1 heterocycles. The van der Waals surface area contributed by atoms with Gasteiger partial charge < -0.3 is 10.0 Å². The first kappa shape index (κ1) is 9.68. The van der Waals surface area contributed by atoms with Crippen molar-refractivity contribution in [3.63, 3.8) is 0 Å². The number of hydrogen-bond donors (Lipinski definition) is 1. The van der Waals surface area contributed by atoms with E-state index in [-0.39, 0.29) is 12.1 Å². The summed E-state index contributed by atoms with van der Waals surface area (Å²) in [5.74, 6) is 0.649. The topological polar surface area (TPSA) is 47.3 Å². The average molecular weight is 214 g/mol. The van der Waals surface area contributed by atoms with Crippen LogP contribution >= 0.6 is 0 Å². The molecule has 3 heteroatoms. The maximum Gasteiger partial charge on any atom is 0.0991 e. The van der Waals surface area contributed by atoms with E-state index in [9.17, 15) is 5.11 Å². The monoisotopic (exact) mass is 214 g/mol. The lowest BCUT2D eigenvalue weighted by Crippen LogP contribution is -2.41. The van der Waals surface area contributed by atoms with Crippen molar-refractivity contribution in [2.45, 2.75) is 25.0 Å². The lowest BCUT2D eigenvalue weighted by atomic mass is 10.1. The minimum atomic E-state index is -0.172. The molecule has 2 fully saturated rings. The predicted molar refractivity (Wildman–Crippen MR) is 61.0 cm³/mol.